The maximum absolute atomic E-state index is 13.2. The van der Waals surface area contributed by atoms with Crippen LogP contribution in [0.25, 0.3) is 0 Å². The van der Waals surface area contributed by atoms with E-state index in [0.717, 1.165) is 43.2 Å². The van der Waals surface area contributed by atoms with E-state index in [9.17, 15) is 24.6 Å². The maximum atomic E-state index is 13.2. The minimum atomic E-state index is -0.880. The number of fused-ring (bicyclic) bond motifs is 4. The third-order valence-corrected chi connectivity index (χ3v) is 9.91. The van der Waals surface area contributed by atoms with Crippen molar-refractivity contribution in [1.82, 2.24) is 5.32 Å². The Kier molecular flexibility index (Phi) is 10.9. The summed E-state index contributed by atoms with van der Waals surface area (Å²) >= 11 is 0. The Morgan fingerprint density at radius 1 is 1.13 bits per heavy atom. The van der Waals surface area contributed by atoms with Gasteiger partial charge in [-0.05, 0) is 57.2 Å². The number of esters is 1. The number of rotatable bonds is 5. The molecule has 1 saturated carbocycles. The number of carbonyl (C=O) groups is 3. The van der Waals surface area contributed by atoms with Crippen molar-refractivity contribution in [2.24, 2.45) is 11.8 Å². The monoisotopic (exact) mass is 636 g/mol. The van der Waals surface area contributed by atoms with Gasteiger partial charge in [-0.2, -0.15) is 0 Å². The molecule has 10 heteroatoms. The predicted octanol–water partition coefficient (Wildman–Crippen LogP) is 4.66. The van der Waals surface area contributed by atoms with E-state index in [-0.39, 0.29) is 36.0 Å². The Hall–Kier alpha value is -3.63. The summed E-state index contributed by atoms with van der Waals surface area (Å²) < 4.78 is 18.2. The van der Waals surface area contributed by atoms with Crippen molar-refractivity contribution < 1.29 is 38.8 Å². The summed E-state index contributed by atoms with van der Waals surface area (Å²) in [4.78, 5) is 40.8. The fourth-order valence-electron chi connectivity index (χ4n) is 7.15. The molecule has 2 bridgehead atoms. The fourth-order valence-corrected chi connectivity index (χ4v) is 7.15. The highest BCUT2D eigenvalue weighted by Crippen LogP contribution is 2.46. The van der Waals surface area contributed by atoms with Gasteiger partial charge in [0.05, 0.1) is 24.3 Å². The quantitative estimate of drug-likeness (QED) is 0.314. The Balaban J connectivity index is 1.38. The Morgan fingerprint density at radius 2 is 1.89 bits per heavy atom. The number of hydrogen-bond acceptors (Lipinski definition) is 8. The van der Waals surface area contributed by atoms with Gasteiger partial charge in [-0.1, -0.05) is 50.5 Å². The molecule has 1 aromatic rings. The lowest BCUT2D eigenvalue weighted by molar-refractivity contribution is -0.156. The van der Waals surface area contributed by atoms with E-state index in [1.165, 1.54) is 0 Å². The molecule has 3 N–H and O–H groups in total. The molecule has 2 amide bonds. The second kappa shape index (κ2) is 14.9. The molecule has 0 radical (unpaired) electrons. The Morgan fingerprint density at radius 3 is 2.63 bits per heavy atom. The van der Waals surface area contributed by atoms with Crippen LogP contribution in [0.15, 0.2) is 48.1 Å². The second-order valence-electron chi connectivity index (χ2n) is 13.1. The molecular weight excluding hydrogens is 588 g/mol. The molecule has 7 atom stereocenters. The third kappa shape index (κ3) is 7.33. The third-order valence-electron chi connectivity index (χ3n) is 9.91. The first-order chi connectivity index (χ1) is 22.1. The normalized spacial score (nSPS) is 31.9. The van der Waals surface area contributed by atoms with E-state index < -0.39 is 42.3 Å². The number of allylic oxidation sites excluding steroid dienone is 3. The molecule has 7 unspecified atom stereocenters. The molecule has 250 valence electrons. The van der Waals surface area contributed by atoms with Crippen LogP contribution in [0.4, 0.5) is 5.69 Å². The number of methoxy groups -OCH3 is 1. The SMILES string of the molecule is COC1CC(=O)N2c3cc(O)cc4c3OC(/C=C/C=C/CC(OC(=O)C(C)NC(=O)C3CCCCC3)C(C)C(O)/C(C)=C\CC4)C12. The van der Waals surface area contributed by atoms with Gasteiger partial charge in [0.25, 0.3) is 0 Å². The number of aromatic hydroxyl groups is 1. The van der Waals surface area contributed by atoms with Crippen molar-refractivity contribution in [1.29, 1.82) is 0 Å². The molecule has 1 aromatic carbocycles. The summed E-state index contributed by atoms with van der Waals surface area (Å²) in [6.45, 7) is 5.34. The van der Waals surface area contributed by atoms with E-state index in [1.54, 1.807) is 31.1 Å². The molecule has 4 aliphatic rings. The number of amides is 2. The van der Waals surface area contributed by atoms with Gasteiger partial charge in [0.1, 0.15) is 35.8 Å². The lowest BCUT2D eigenvalue weighted by atomic mass is 9.88. The van der Waals surface area contributed by atoms with E-state index in [2.05, 4.69) is 5.32 Å². The molecule has 3 aliphatic heterocycles. The molecule has 10 nitrogen and oxygen atoms in total. The summed E-state index contributed by atoms with van der Waals surface area (Å²) in [6.07, 6.45) is 13.4. The van der Waals surface area contributed by atoms with Crippen LogP contribution in [0.3, 0.4) is 0 Å². The van der Waals surface area contributed by atoms with Crippen LogP contribution in [0.5, 0.6) is 11.5 Å². The van der Waals surface area contributed by atoms with Gasteiger partial charge in [0.15, 0.2) is 0 Å². The smallest absolute Gasteiger partial charge is 0.328 e. The van der Waals surface area contributed by atoms with Crippen molar-refractivity contribution >= 4 is 23.5 Å². The minimum absolute atomic E-state index is 0.0410. The number of anilines is 1. The highest BCUT2D eigenvalue weighted by Gasteiger charge is 2.49. The van der Waals surface area contributed by atoms with Crippen LogP contribution in [-0.4, -0.2) is 71.6 Å². The van der Waals surface area contributed by atoms with Gasteiger partial charge in [-0.25, -0.2) is 4.79 Å². The summed E-state index contributed by atoms with van der Waals surface area (Å²) in [5.41, 5.74) is 2.02. The lowest BCUT2D eigenvalue weighted by Gasteiger charge is -2.39. The first-order valence-electron chi connectivity index (χ1n) is 16.6. The highest BCUT2D eigenvalue weighted by molar-refractivity contribution is 5.99. The highest BCUT2D eigenvalue weighted by atomic mass is 16.5. The van der Waals surface area contributed by atoms with Gasteiger partial charge in [-0.15, -0.1) is 0 Å². The van der Waals surface area contributed by atoms with Gasteiger partial charge in [0.2, 0.25) is 11.8 Å². The number of aryl methyl sites for hydroxylation is 1. The first-order valence-corrected chi connectivity index (χ1v) is 16.6. The Labute approximate surface area is 271 Å². The predicted molar refractivity (Wildman–Crippen MR) is 173 cm³/mol. The first kappa shape index (κ1) is 33.7. The molecule has 1 aliphatic carbocycles. The van der Waals surface area contributed by atoms with Crippen molar-refractivity contribution in [2.75, 3.05) is 12.0 Å². The molecule has 2 fully saturated rings. The number of aliphatic hydroxyl groups excluding tert-OH is 1. The van der Waals surface area contributed by atoms with Crippen LogP contribution >= 0.6 is 0 Å². The van der Waals surface area contributed by atoms with Gasteiger partial charge < -0.3 is 29.7 Å². The lowest BCUT2D eigenvalue weighted by Crippen LogP contribution is -2.51. The van der Waals surface area contributed by atoms with E-state index >= 15 is 0 Å². The maximum Gasteiger partial charge on any atom is 0.328 e. The van der Waals surface area contributed by atoms with Crippen LogP contribution in [0.1, 0.15) is 77.7 Å². The zero-order valence-electron chi connectivity index (χ0n) is 27.3. The molecule has 3 heterocycles. The fraction of sp³-hybridized carbons (Fsp3) is 0.583. The number of nitrogens with zero attached hydrogens (tertiary/aromatic N) is 1. The van der Waals surface area contributed by atoms with Crippen LogP contribution in [-0.2, 0) is 30.3 Å². The summed E-state index contributed by atoms with van der Waals surface area (Å²) in [5, 5.41) is 24.8. The average Bonchev–Trinajstić information content (AvgIpc) is 3.39. The van der Waals surface area contributed by atoms with Crippen LogP contribution in [0, 0.1) is 11.8 Å². The number of phenolic OH excluding ortho intramolecular Hbond substituents is 1. The van der Waals surface area contributed by atoms with Crippen molar-refractivity contribution in [2.45, 2.75) is 115 Å². The number of carbonyl (C=O) groups excluding carboxylic acids is 3. The largest absolute Gasteiger partial charge is 0.508 e. The number of phenols is 1. The van der Waals surface area contributed by atoms with E-state index in [0.29, 0.717) is 30.7 Å². The number of ether oxygens (including phenoxy) is 3. The van der Waals surface area contributed by atoms with Crippen LogP contribution < -0.4 is 15.0 Å². The topological polar surface area (TPSA) is 135 Å². The summed E-state index contributed by atoms with van der Waals surface area (Å²) in [6, 6.07) is 2.01. The summed E-state index contributed by atoms with van der Waals surface area (Å²) in [5.74, 6) is -0.638. The van der Waals surface area contributed by atoms with Crippen molar-refractivity contribution in [3.63, 3.8) is 0 Å². The zero-order valence-corrected chi connectivity index (χ0v) is 27.3. The number of hydrogen-bond donors (Lipinski definition) is 3. The summed E-state index contributed by atoms with van der Waals surface area (Å²) in [7, 11) is 1.58. The van der Waals surface area contributed by atoms with Gasteiger partial charge >= 0.3 is 5.97 Å². The Bertz CT molecular complexity index is 1380. The zero-order chi connectivity index (χ0) is 33.0. The molecule has 0 spiro atoms. The molecule has 46 heavy (non-hydrogen) atoms. The standard InChI is InChI=1S/C36H48N2O8/c1-21-12-11-15-25-18-26(39)19-27-34(25)45-29(32-30(44-4)20-31(40)38(27)32)17-10-6-9-16-28(22(2)33(21)41)46-36(43)23(3)37-35(42)24-13-7-5-8-14-24/h6,9-10,12,17-19,22-24,28-30,32-33,39,41H,5,7-8,11,13-16,20H2,1-4H3,(H,37,42)/b9-6+,17-10+,21-12-. The second-order valence-corrected chi connectivity index (χ2v) is 13.1. The number of aliphatic hydroxyl groups is 1. The minimum Gasteiger partial charge on any atom is -0.508 e. The number of benzene rings is 1. The van der Waals surface area contributed by atoms with Crippen molar-refractivity contribution in [3.05, 3.63) is 53.6 Å². The molecular formula is C36H48N2O8. The van der Waals surface area contributed by atoms with Crippen molar-refractivity contribution in [3.8, 4) is 11.5 Å². The average molecular weight is 637 g/mol. The van der Waals surface area contributed by atoms with Gasteiger partial charge in [0, 0.05) is 37.0 Å². The molecule has 1 saturated heterocycles. The van der Waals surface area contributed by atoms with Crippen LogP contribution in [0.2, 0.25) is 0 Å². The van der Waals surface area contributed by atoms with Gasteiger partial charge in [-0.3, -0.25) is 14.5 Å². The molecule has 0 aromatic heterocycles. The molecule has 5 rings (SSSR count). The van der Waals surface area contributed by atoms with E-state index in [4.69, 9.17) is 14.2 Å². The van der Waals surface area contributed by atoms with E-state index in [1.807, 2.05) is 44.2 Å². The number of nitrogens with one attached hydrogen (secondary N) is 1.